The molecule has 0 aliphatic heterocycles. The number of aromatic nitrogens is 1. The Kier molecular flexibility index (Phi) is 4.38. The van der Waals surface area contributed by atoms with Crippen molar-refractivity contribution in [2.24, 2.45) is 0 Å². The molecule has 116 valence electrons. The molecule has 0 radical (unpaired) electrons. The molecule has 0 saturated carbocycles. The lowest BCUT2D eigenvalue weighted by molar-refractivity contribution is 0.0945. The first kappa shape index (κ1) is 14.8. The van der Waals surface area contributed by atoms with Gasteiger partial charge in [0.25, 0.3) is 5.91 Å². The minimum Gasteiger partial charge on any atom is -0.508 e. The zero-order valence-corrected chi connectivity index (χ0v) is 12.4. The van der Waals surface area contributed by atoms with Crippen molar-refractivity contribution in [2.75, 3.05) is 6.54 Å². The predicted molar refractivity (Wildman–Crippen MR) is 86.1 cm³/mol. The van der Waals surface area contributed by atoms with Gasteiger partial charge in [0.1, 0.15) is 5.75 Å². The molecule has 5 heteroatoms. The van der Waals surface area contributed by atoms with Crippen LogP contribution in [0.5, 0.6) is 5.75 Å². The van der Waals surface area contributed by atoms with E-state index in [2.05, 4.69) is 10.5 Å². The van der Waals surface area contributed by atoms with Crippen LogP contribution in [-0.2, 0) is 6.42 Å². The van der Waals surface area contributed by atoms with E-state index in [4.69, 9.17) is 4.52 Å². The Hall–Kier alpha value is -3.08. The van der Waals surface area contributed by atoms with E-state index in [0.717, 1.165) is 12.0 Å². The highest BCUT2D eigenvalue weighted by atomic mass is 16.5. The molecular weight excluding hydrogens is 292 g/mol. The van der Waals surface area contributed by atoms with Crippen LogP contribution in [0.3, 0.4) is 0 Å². The van der Waals surface area contributed by atoms with Crippen molar-refractivity contribution in [2.45, 2.75) is 6.42 Å². The van der Waals surface area contributed by atoms with Gasteiger partial charge >= 0.3 is 0 Å². The number of carbonyl (C=O) groups is 1. The summed E-state index contributed by atoms with van der Waals surface area (Å²) in [7, 11) is 0. The van der Waals surface area contributed by atoms with E-state index in [1.807, 2.05) is 30.3 Å². The molecule has 0 aliphatic rings. The third kappa shape index (κ3) is 3.77. The van der Waals surface area contributed by atoms with E-state index in [1.54, 1.807) is 30.3 Å². The smallest absolute Gasteiger partial charge is 0.273 e. The average molecular weight is 308 g/mol. The Morgan fingerprint density at radius 2 is 1.91 bits per heavy atom. The summed E-state index contributed by atoms with van der Waals surface area (Å²) in [6.45, 7) is 0.525. The molecule has 1 amide bonds. The van der Waals surface area contributed by atoms with Gasteiger partial charge < -0.3 is 14.9 Å². The molecule has 3 aromatic rings. The number of carbonyl (C=O) groups excluding carboxylic acids is 1. The Balaban J connectivity index is 1.60. The van der Waals surface area contributed by atoms with Gasteiger partial charge in [-0.05, 0) is 24.1 Å². The molecule has 0 saturated heterocycles. The van der Waals surface area contributed by atoms with E-state index in [1.165, 1.54) is 0 Å². The maximum Gasteiger partial charge on any atom is 0.273 e. The molecule has 0 aliphatic carbocycles. The Bertz CT molecular complexity index is 797. The molecule has 0 fully saturated rings. The molecule has 0 atom stereocenters. The number of nitrogens with zero attached hydrogens (tertiary/aromatic N) is 1. The van der Waals surface area contributed by atoms with Crippen LogP contribution < -0.4 is 5.32 Å². The van der Waals surface area contributed by atoms with Crippen molar-refractivity contribution in [3.8, 4) is 17.1 Å². The normalized spacial score (nSPS) is 10.4. The monoisotopic (exact) mass is 308 g/mol. The summed E-state index contributed by atoms with van der Waals surface area (Å²) in [5, 5.41) is 16.1. The molecule has 23 heavy (non-hydrogen) atoms. The molecule has 1 heterocycles. The summed E-state index contributed by atoms with van der Waals surface area (Å²) in [6.07, 6.45) is 0.754. The number of amides is 1. The van der Waals surface area contributed by atoms with E-state index in [0.29, 0.717) is 17.9 Å². The van der Waals surface area contributed by atoms with E-state index in [9.17, 15) is 9.90 Å². The second-order valence-electron chi connectivity index (χ2n) is 5.12. The topological polar surface area (TPSA) is 75.4 Å². The van der Waals surface area contributed by atoms with Gasteiger partial charge in [-0.1, -0.05) is 47.6 Å². The summed E-state index contributed by atoms with van der Waals surface area (Å²) in [4.78, 5) is 12.1. The molecule has 2 aromatic carbocycles. The third-order valence-electron chi connectivity index (χ3n) is 3.42. The average Bonchev–Trinajstić information content (AvgIpc) is 3.06. The van der Waals surface area contributed by atoms with Gasteiger partial charge in [-0.2, -0.15) is 0 Å². The maximum atomic E-state index is 12.1. The van der Waals surface area contributed by atoms with Gasteiger partial charge in [0, 0.05) is 18.2 Å². The second-order valence-corrected chi connectivity index (χ2v) is 5.12. The van der Waals surface area contributed by atoms with Crippen molar-refractivity contribution >= 4 is 5.91 Å². The summed E-state index contributed by atoms with van der Waals surface area (Å²) in [5.41, 5.74) is 2.05. The number of aromatic hydroxyl groups is 1. The second kappa shape index (κ2) is 6.79. The van der Waals surface area contributed by atoms with Gasteiger partial charge in [-0.15, -0.1) is 0 Å². The number of rotatable bonds is 5. The van der Waals surface area contributed by atoms with Gasteiger partial charge in [-0.25, -0.2) is 0 Å². The summed E-state index contributed by atoms with van der Waals surface area (Å²) >= 11 is 0. The number of benzene rings is 2. The third-order valence-corrected chi connectivity index (χ3v) is 3.42. The first-order chi connectivity index (χ1) is 11.2. The van der Waals surface area contributed by atoms with Gasteiger partial charge in [0.05, 0.1) is 0 Å². The fraction of sp³-hybridized carbons (Fsp3) is 0.111. The van der Waals surface area contributed by atoms with Crippen LogP contribution in [0, 0.1) is 0 Å². The lowest BCUT2D eigenvalue weighted by atomic mass is 10.1. The van der Waals surface area contributed by atoms with Crippen LogP contribution in [0.25, 0.3) is 11.3 Å². The fourth-order valence-electron chi connectivity index (χ4n) is 2.23. The summed E-state index contributed by atoms with van der Waals surface area (Å²) in [6, 6.07) is 18.1. The first-order valence-electron chi connectivity index (χ1n) is 7.30. The van der Waals surface area contributed by atoms with E-state index >= 15 is 0 Å². The largest absolute Gasteiger partial charge is 0.508 e. The van der Waals surface area contributed by atoms with Crippen molar-refractivity contribution in [1.29, 1.82) is 0 Å². The van der Waals surface area contributed by atoms with Crippen molar-refractivity contribution in [3.63, 3.8) is 0 Å². The molecular formula is C18H16N2O3. The quantitative estimate of drug-likeness (QED) is 0.759. The molecule has 5 nitrogen and oxygen atoms in total. The molecule has 2 N–H and O–H groups in total. The standard InChI is InChI=1S/C18H16N2O3/c21-15-8-4-7-14(11-15)17-12-16(20-23-17)18(22)19-10-9-13-5-2-1-3-6-13/h1-8,11-12,21H,9-10H2,(H,19,22). The summed E-state index contributed by atoms with van der Waals surface area (Å²) in [5.74, 6) is 0.290. The Labute approximate surface area is 133 Å². The van der Waals surface area contributed by atoms with Crippen LogP contribution in [-0.4, -0.2) is 22.7 Å². The van der Waals surface area contributed by atoms with Crippen LogP contribution >= 0.6 is 0 Å². The maximum absolute atomic E-state index is 12.1. The number of hydrogen-bond donors (Lipinski definition) is 2. The molecule has 1 aromatic heterocycles. The molecule has 0 spiro atoms. The van der Waals surface area contributed by atoms with Crippen molar-refractivity contribution in [1.82, 2.24) is 10.5 Å². The number of phenols is 1. The molecule has 0 bridgehead atoms. The lowest BCUT2D eigenvalue weighted by Crippen LogP contribution is -2.25. The SMILES string of the molecule is O=C(NCCc1ccccc1)c1cc(-c2cccc(O)c2)on1. The number of phenolic OH excluding ortho intramolecular Hbond substituents is 1. The van der Waals surface area contributed by atoms with Crippen LogP contribution in [0.15, 0.2) is 65.2 Å². The van der Waals surface area contributed by atoms with Crippen LogP contribution in [0.4, 0.5) is 0 Å². The zero-order chi connectivity index (χ0) is 16.1. The summed E-state index contributed by atoms with van der Waals surface area (Å²) < 4.78 is 5.17. The highest BCUT2D eigenvalue weighted by Crippen LogP contribution is 2.23. The van der Waals surface area contributed by atoms with Crippen LogP contribution in [0.1, 0.15) is 16.1 Å². The molecule has 3 rings (SSSR count). The highest BCUT2D eigenvalue weighted by molar-refractivity contribution is 5.93. The first-order valence-corrected chi connectivity index (χ1v) is 7.30. The van der Waals surface area contributed by atoms with E-state index in [-0.39, 0.29) is 17.4 Å². The number of hydrogen-bond acceptors (Lipinski definition) is 4. The Morgan fingerprint density at radius 3 is 2.70 bits per heavy atom. The van der Waals surface area contributed by atoms with Crippen molar-refractivity contribution in [3.05, 3.63) is 71.9 Å². The minimum absolute atomic E-state index is 0.132. The lowest BCUT2D eigenvalue weighted by Gasteiger charge is -2.02. The fourth-order valence-corrected chi connectivity index (χ4v) is 2.23. The van der Waals surface area contributed by atoms with Gasteiger partial charge in [0.15, 0.2) is 11.5 Å². The predicted octanol–water partition coefficient (Wildman–Crippen LogP) is 3.02. The van der Waals surface area contributed by atoms with Gasteiger partial charge in [-0.3, -0.25) is 4.79 Å². The Morgan fingerprint density at radius 1 is 1.09 bits per heavy atom. The van der Waals surface area contributed by atoms with Crippen molar-refractivity contribution < 1.29 is 14.4 Å². The van der Waals surface area contributed by atoms with Crippen LogP contribution in [0.2, 0.25) is 0 Å². The molecule has 0 unspecified atom stereocenters. The number of nitrogens with one attached hydrogen (secondary N) is 1. The van der Waals surface area contributed by atoms with Gasteiger partial charge in [0.2, 0.25) is 0 Å². The highest BCUT2D eigenvalue weighted by Gasteiger charge is 2.13. The minimum atomic E-state index is -0.281. The zero-order valence-electron chi connectivity index (χ0n) is 12.4. The van der Waals surface area contributed by atoms with E-state index < -0.39 is 0 Å².